The van der Waals surface area contributed by atoms with Crippen LogP contribution in [0.3, 0.4) is 0 Å². The number of thiophene rings is 1. The van der Waals surface area contributed by atoms with E-state index in [0.29, 0.717) is 57.0 Å². The molecule has 4 aromatic rings. The van der Waals surface area contributed by atoms with Gasteiger partial charge in [-0.25, -0.2) is 4.79 Å². The van der Waals surface area contributed by atoms with Crippen molar-refractivity contribution in [2.75, 3.05) is 39.1 Å². The molecule has 0 spiro atoms. The zero-order valence-corrected chi connectivity index (χ0v) is 32.1. The number of nitrogens with one attached hydrogen (secondary N) is 3. The summed E-state index contributed by atoms with van der Waals surface area (Å²) >= 11 is 2.79. The number of ether oxygens (including phenoxy) is 4. The number of hydrogen-bond donors (Lipinski definition) is 3. The third-order valence-corrected chi connectivity index (χ3v) is 11.2. The molecule has 1 aliphatic carbocycles. The molecule has 1 heterocycles. The average molecular weight is 758 g/mol. The summed E-state index contributed by atoms with van der Waals surface area (Å²) in [6.07, 6.45) is 4.63. The lowest BCUT2D eigenvalue weighted by Crippen LogP contribution is -2.30. The maximum absolute atomic E-state index is 13.8. The minimum absolute atomic E-state index is 0.0357. The van der Waals surface area contributed by atoms with Gasteiger partial charge < -0.3 is 34.9 Å². The average Bonchev–Trinajstić information content (AvgIpc) is 3.52. The molecule has 3 amide bonds. The lowest BCUT2D eigenvalue weighted by atomic mass is 9.88. The molecule has 1 aromatic heterocycles. The molecular formula is C40H43N3O8S2. The second-order valence-electron chi connectivity index (χ2n) is 12.4. The number of amides is 3. The van der Waals surface area contributed by atoms with E-state index >= 15 is 0 Å². The van der Waals surface area contributed by atoms with Crippen molar-refractivity contribution >= 4 is 63.6 Å². The minimum atomic E-state index is -0.582. The number of fused-ring (bicyclic) bond motifs is 1. The Morgan fingerprint density at radius 2 is 1.64 bits per heavy atom. The molecular weight excluding hydrogens is 715 g/mol. The molecule has 11 nitrogen and oxygen atoms in total. The van der Waals surface area contributed by atoms with Crippen molar-refractivity contribution in [3.8, 4) is 17.2 Å². The highest BCUT2D eigenvalue weighted by molar-refractivity contribution is 8.00. The van der Waals surface area contributed by atoms with Crippen LogP contribution in [0.1, 0.15) is 63.4 Å². The molecule has 2 unspecified atom stereocenters. The fourth-order valence-electron chi connectivity index (χ4n) is 5.98. The summed E-state index contributed by atoms with van der Waals surface area (Å²) in [7, 11) is 5.82. The lowest BCUT2D eigenvalue weighted by Gasteiger charge is -2.18. The molecule has 0 saturated heterocycles. The van der Waals surface area contributed by atoms with Crippen LogP contribution in [-0.4, -0.2) is 57.4 Å². The summed E-state index contributed by atoms with van der Waals surface area (Å²) in [5, 5.41) is 8.68. The summed E-state index contributed by atoms with van der Waals surface area (Å²) in [5.74, 6) is -0.102. The number of hydrogen-bond acceptors (Lipinski definition) is 10. The molecule has 5 rings (SSSR count). The molecule has 13 heteroatoms. The van der Waals surface area contributed by atoms with E-state index in [4.69, 9.17) is 18.9 Å². The minimum Gasteiger partial charge on any atom is -0.493 e. The van der Waals surface area contributed by atoms with E-state index in [1.165, 1.54) is 57.6 Å². The summed E-state index contributed by atoms with van der Waals surface area (Å²) in [6.45, 7) is 4.10. The highest BCUT2D eigenvalue weighted by atomic mass is 32.2. The van der Waals surface area contributed by atoms with Crippen LogP contribution >= 0.6 is 23.1 Å². The maximum atomic E-state index is 13.8. The van der Waals surface area contributed by atoms with Crippen LogP contribution in [0.5, 0.6) is 17.2 Å². The van der Waals surface area contributed by atoms with Crippen molar-refractivity contribution in [1.29, 1.82) is 0 Å². The van der Waals surface area contributed by atoms with Gasteiger partial charge in [0.2, 0.25) is 11.7 Å². The molecule has 53 heavy (non-hydrogen) atoms. The second kappa shape index (κ2) is 18.0. The molecule has 0 radical (unpaired) electrons. The highest BCUT2D eigenvalue weighted by Crippen LogP contribution is 2.41. The summed E-state index contributed by atoms with van der Waals surface area (Å²) in [6, 6.07) is 19.0. The molecule has 3 N–H and O–H groups in total. The number of carbonyl (C=O) groups excluding carboxylic acids is 4. The van der Waals surface area contributed by atoms with E-state index in [9.17, 15) is 19.2 Å². The van der Waals surface area contributed by atoms with Crippen LogP contribution in [0.4, 0.5) is 10.7 Å². The second-order valence-corrected chi connectivity index (χ2v) is 14.8. The van der Waals surface area contributed by atoms with E-state index in [-0.39, 0.29) is 11.6 Å². The molecule has 0 fully saturated rings. The van der Waals surface area contributed by atoms with Gasteiger partial charge in [-0.05, 0) is 91.3 Å². The predicted molar refractivity (Wildman–Crippen MR) is 208 cm³/mol. The summed E-state index contributed by atoms with van der Waals surface area (Å²) in [4.78, 5) is 55.4. The van der Waals surface area contributed by atoms with Gasteiger partial charge in [0.25, 0.3) is 11.8 Å². The third-order valence-electron chi connectivity index (χ3n) is 8.70. The van der Waals surface area contributed by atoms with Crippen LogP contribution in [-0.2, 0) is 27.2 Å². The molecule has 278 valence electrons. The van der Waals surface area contributed by atoms with Crippen LogP contribution in [0.2, 0.25) is 0 Å². The van der Waals surface area contributed by atoms with Crippen molar-refractivity contribution in [2.24, 2.45) is 5.92 Å². The largest absolute Gasteiger partial charge is 0.493 e. The Balaban J connectivity index is 1.37. The number of benzene rings is 3. The fraction of sp³-hybridized carbons (Fsp3) is 0.300. The van der Waals surface area contributed by atoms with Gasteiger partial charge in [0.05, 0.1) is 39.3 Å². The standard InChI is InChI=1S/C40H43N3O8S2/c1-7-32(38(46)43-39-34(40(47)51-6)28-17-16-23(2)18-33(28)53-39)52-27-15-11-14-26(22-27)41-37(45)29(42-36(44)25-12-9-8-10-13-25)19-24-20-30(48-3)35(50-5)31(21-24)49-4/h8-15,19-23,32H,7,16-18H2,1-6H3,(H,41,45)(H,42,44)(H,43,46)/b29-19+. The zero-order chi connectivity index (χ0) is 38.1. The predicted octanol–water partition coefficient (Wildman–Crippen LogP) is 7.60. The Bertz CT molecular complexity index is 1980. The lowest BCUT2D eigenvalue weighted by molar-refractivity contribution is -0.116. The maximum Gasteiger partial charge on any atom is 0.341 e. The molecule has 0 aliphatic heterocycles. The molecule has 1 aliphatic rings. The monoisotopic (exact) mass is 757 g/mol. The van der Waals surface area contributed by atoms with Gasteiger partial charge in [-0.1, -0.05) is 38.1 Å². The Labute approximate surface area is 317 Å². The quantitative estimate of drug-likeness (QED) is 0.0674. The first-order valence-electron chi connectivity index (χ1n) is 17.1. The smallest absolute Gasteiger partial charge is 0.341 e. The normalized spacial score (nSPS) is 14.3. The molecule has 0 saturated carbocycles. The highest BCUT2D eigenvalue weighted by Gasteiger charge is 2.30. The van der Waals surface area contributed by atoms with Crippen molar-refractivity contribution in [3.05, 3.63) is 99.6 Å². The van der Waals surface area contributed by atoms with Crippen molar-refractivity contribution in [3.63, 3.8) is 0 Å². The van der Waals surface area contributed by atoms with Crippen molar-refractivity contribution < 1.29 is 38.1 Å². The van der Waals surface area contributed by atoms with Gasteiger partial charge in [0.1, 0.15) is 10.7 Å². The first-order chi connectivity index (χ1) is 25.6. The molecule has 2 atom stereocenters. The van der Waals surface area contributed by atoms with E-state index in [1.807, 2.05) is 13.0 Å². The summed E-state index contributed by atoms with van der Waals surface area (Å²) < 4.78 is 21.5. The van der Waals surface area contributed by atoms with Gasteiger partial charge in [-0.15, -0.1) is 23.1 Å². The van der Waals surface area contributed by atoms with Crippen LogP contribution < -0.4 is 30.2 Å². The van der Waals surface area contributed by atoms with E-state index in [2.05, 4.69) is 22.9 Å². The van der Waals surface area contributed by atoms with Crippen LogP contribution in [0.15, 0.2) is 77.3 Å². The number of esters is 1. The Morgan fingerprint density at radius 3 is 2.28 bits per heavy atom. The molecule has 3 aromatic carbocycles. The van der Waals surface area contributed by atoms with E-state index in [0.717, 1.165) is 34.6 Å². The number of carbonyl (C=O) groups is 4. The number of rotatable bonds is 14. The number of anilines is 2. The van der Waals surface area contributed by atoms with Crippen LogP contribution in [0.25, 0.3) is 6.08 Å². The van der Waals surface area contributed by atoms with Gasteiger partial charge >= 0.3 is 5.97 Å². The Kier molecular flexibility index (Phi) is 13.2. The zero-order valence-electron chi connectivity index (χ0n) is 30.5. The van der Waals surface area contributed by atoms with Crippen molar-refractivity contribution in [1.82, 2.24) is 5.32 Å². The SMILES string of the molecule is CCC(Sc1cccc(NC(=O)/C(=C\c2cc(OC)c(OC)c(OC)c2)NC(=O)c2ccccc2)c1)C(=O)Nc1sc2c(c1C(=O)OC)CCC(C)C2. The number of thioether (sulfide) groups is 1. The molecule has 0 bridgehead atoms. The Morgan fingerprint density at radius 1 is 0.925 bits per heavy atom. The fourth-order valence-corrected chi connectivity index (χ4v) is 8.39. The van der Waals surface area contributed by atoms with Gasteiger partial charge in [0.15, 0.2) is 11.5 Å². The summed E-state index contributed by atoms with van der Waals surface area (Å²) in [5.41, 5.74) is 2.72. The van der Waals surface area contributed by atoms with Crippen molar-refractivity contribution in [2.45, 2.75) is 49.7 Å². The van der Waals surface area contributed by atoms with Gasteiger partial charge in [-0.2, -0.15) is 0 Å². The van der Waals surface area contributed by atoms with E-state index in [1.54, 1.807) is 60.7 Å². The van der Waals surface area contributed by atoms with Crippen LogP contribution in [0, 0.1) is 5.92 Å². The Hall–Kier alpha value is -5.27. The van der Waals surface area contributed by atoms with Gasteiger partial charge in [0, 0.05) is 21.0 Å². The topological polar surface area (TPSA) is 141 Å². The number of methoxy groups -OCH3 is 4. The van der Waals surface area contributed by atoms with Gasteiger partial charge in [-0.3, -0.25) is 14.4 Å². The first-order valence-corrected chi connectivity index (χ1v) is 18.8. The van der Waals surface area contributed by atoms with E-state index < -0.39 is 23.0 Å². The third kappa shape index (κ3) is 9.40. The first kappa shape index (κ1) is 38.9.